The summed E-state index contributed by atoms with van der Waals surface area (Å²) in [5, 5.41) is 3.99. The molecule has 3 heterocycles. The first-order valence-electron chi connectivity index (χ1n) is 15.1. The van der Waals surface area contributed by atoms with Crippen LogP contribution in [0.4, 0.5) is 0 Å². The van der Waals surface area contributed by atoms with E-state index < -0.39 is 73.8 Å². The van der Waals surface area contributed by atoms with Crippen LogP contribution < -0.4 is 0 Å². The van der Waals surface area contributed by atoms with E-state index in [1.807, 2.05) is 67.6 Å². The minimum Gasteiger partial charge on any atom is -0.467 e. The average Bonchev–Trinajstić information content (AvgIpc) is 3.07. The van der Waals surface area contributed by atoms with Gasteiger partial charge in [-0.3, -0.25) is 4.79 Å². The summed E-state index contributed by atoms with van der Waals surface area (Å²) in [5.74, 6) is -1.37. The molecule has 10 atom stereocenters. The predicted molar refractivity (Wildman–Crippen MR) is 159 cm³/mol. The normalized spacial score (nSPS) is 32.4. The summed E-state index contributed by atoms with van der Waals surface area (Å²) in [5.41, 5.74) is 11.4. The molecule has 46 heavy (non-hydrogen) atoms. The second kappa shape index (κ2) is 16.3. The van der Waals surface area contributed by atoms with E-state index in [-0.39, 0.29) is 19.1 Å². The Hall–Kier alpha value is -3.59. The molecule has 0 saturated carbocycles. The van der Waals surface area contributed by atoms with Crippen LogP contribution in [0.5, 0.6) is 0 Å². The Morgan fingerprint density at radius 3 is 2.41 bits per heavy atom. The number of carbonyl (C=O) groups excluding carboxylic acids is 2. The molecule has 3 fully saturated rings. The molecule has 14 nitrogen and oxygen atoms in total. The fraction of sp³-hybridized carbons (Fsp3) is 0.562. The fourth-order valence-electron chi connectivity index (χ4n) is 5.75. The predicted octanol–water partition coefficient (Wildman–Crippen LogP) is 3.63. The van der Waals surface area contributed by atoms with Crippen molar-refractivity contribution in [2.75, 3.05) is 33.5 Å². The molecule has 3 aliphatic heterocycles. The van der Waals surface area contributed by atoms with Crippen LogP contribution in [-0.4, -0.2) is 94.4 Å². The number of esters is 2. The van der Waals surface area contributed by atoms with Gasteiger partial charge < -0.3 is 42.6 Å². The largest absolute Gasteiger partial charge is 0.467 e. The van der Waals surface area contributed by atoms with Crippen molar-refractivity contribution in [1.29, 1.82) is 0 Å². The first-order valence-corrected chi connectivity index (χ1v) is 15.1. The maximum absolute atomic E-state index is 12.2. The topological polar surface area (TPSA) is 166 Å². The molecular formula is C32H39N3O11. The van der Waals surface area contributed by atoms with Gasteiger partial charge in [-0.05, 0) is 11.1 Å². The Balaban J connectivity index is 1.40. The van der Waals surface area contributed by atoms with E-state index in [2.05, 4.69) is 10.0 Å². The van der Waals surface area contributed by atoms with Crippen molar-refractivity contribution in [3.8, 4) is 0 Å². The first kappa shape index (κ1) is 33.8. The van der Waals surface area contributed by atoms with Gasteiger partial charge in [0.05, 0.1) is 33.5 Å². The van der Waals surface area contributed by atoms with Crippen molar-refractivity contribution in [2.45, 2.75) is 75.7 Å². The monoisotopic (exact) mass is 641 g/mol. The van der Waals surface area contributed by atoms with Crippen LogP contribution in [0.25, 0.3) is 10.4 Å². The number of benzene rings is 2. The second-order valence-electron chi connectivity index (χ2n) is 11.3. The van der Waals surface area contributed by atoms with Crippen LogP contribution in [-0.2, 0) is 58.8 Å². The van der Waals surface area contributed by atoms with Crippen LogP contribution in [0.2, 0.25) is 0 Å². The average molecular weight is 642 g/mol. The van der Waals surface area contributed by atoms with E-state index in [9.17, 15) is 15.1 Å². The van der Waals surface area contributed by atoms with Crippen molar-refractivity contribution in [3.05, 3.63) is 82.2 Å². The Bertz CT molecular complexity index is 1330. The lowest BCUT2D eigenvalue weighted by Crippen LogP contribution is -2.64. The number of carbonyl (C=O) groups is 2. The zero-order valence-corrected chi connectivity index (χ0v) is 25.9. The van der Waals surface area contributed by atoms with E-state index in [4.69, 9.17) is 42.6 Å². The third-order valence-electron chi connectivity index (χ3n) is 8.00. The highest BCUT2D eigenvalue weighted by molar-refractivity contribution is 5.70. The lowest BCUT2D eigenvalue weighted by atomic mass is 9.92. The third-order valence-corrected chi connectivity index (χ3v) is 8.00. The van der Waals surface area contributed by atoms with E-state index in [1.54, 1.807) is 0 Å². The summed E-state index contributed by atoms with van der Waals surface area (Å²) in [7, 11) is 1.24. The highest BCUT2D eigenvalue weighted by atomic mass is 16.8. The zero-order valence-electron chi connectivity index (χ0n) is 25.9. The number of azide groups is 1. The SMILES string of the molecule is COC(=O)CO[C@@H]1C(N=[N+]=[N-])C(O[C@H]2C(COCc3ccccc3)OCC(C)[C@H]2OC(C)=O)OC2COC(c3ccccc3)O[C@@H]21. The molecular weight excluding hydrogens is 602 g/mol. The van der Waals surface area contributed by atoms with E-state index >= 15 is 0 Å². The Kier molecular flexibility index (Phi) is 12.0. The van der Waals surface area contributed by atoms with Crippen molar-refractivity contribution in [1.82, 2.24) is 0 Å². The molecule has 3 saturated heterocycles. The molecule has 0 N–H and O–H groups in total. The summed E-state index contributed by atoms with van der Waals surface area (Å²) in [6.45, 7) is 3.57. The van der Waals surface area contributed by atoms with Crippen molar-refractivity contribution in [3.63, 3.8) is 0 Å². The number of nitrogens with zero attached hydrogens (tertiary/aromatic N) is 3. The van der Waals surface area contributed by atoms with Gasteiger partial charge in [0.2, 0.25) is 0 Å². The van der Waals surface area contributed by atoms with Crippen molar-refractivity contribution >= 4 is 11.9 Å². The number of fused-ring (bicyclic) bond motifs is 1. The maximum atomic E-state index is 12.2. The van der Waals surface area contributed by atoms with Gasteiger partial charge in [-0.2, -0.15) is 0 Å². The Labute approximate surface area is 266 Å². The summed E-state index contributed by atoms with van der Waals surface area (Å²) >= 11 is 0. The quantitative estimate of drug-likeness (QED) is 0.144. The van der Waals surface area contributed by atoms with Crippen LogP contribution in [0.1, 0.15) is 31.3 Å². The van der Waals surface area contributed by atoms with Crippen LogP contribution in [0, 0.1) is 5.92 Å². The minimum absolute atomic E-state index is 0.0831. The molecule has 14 heteroatoms. The van der Waals surface area contributed by atoms with Gasteiger partial charge >= 0.3 is 11.9 Å². The van der Waals surface area contributed by atoms with Crippen LogP contribution in [0.15, 0.2) is 65.8 Å². The summed E-state index contributed by atoms with van der Waals surface area (Å²) in [4.78, 5) is 27.4. The molecule has 2 aromatic rings. The second-order valence-corrected chi connectivity index (χ2v) is 11.3. The Morgan fingerprint density at radius 2 is 1.72 bits per heavy atom. The Morgan fingerprint density at radius 1 is 0.978 bits per heavy atom. The number of hydrogen-bond donors (Lipinski definition) is 0. The zero-order chi connectivity index (χ0) is 32.5. The van der Waals surface area contributed by atoms with Gasteiger partial charge in [0, 0.05) is 23.3 Å². The standard InChI is InChI=1S/C32H39N3O11/c1-19-14-40-23(16-39-15-21-10-6-4-7-11-21)28(27(19)43-20(2)36)46-32-26(34-35-33)30(41-18-25(37)38-3)29-24(44-32)17-42-31(45-29)22-12-8-5-9-13-22/h4-13,19,23-24,26-32H,14-18H2,1-3H3/t19?,23?,24?,26?,27-,28+,29+,30-,31?,32?/m1/s1. The smallest absolute Gasteiger partial charge is 0.331 e. The van der Waals surface area contributed by atoms with Crippen molar-refractivity contribution < 1.29 is 52.2 Å². The number of methoxy groups -OCH3 is 1. The number of ether oxygens (including phenoxy) is 9. The highest BCUT2D eigenvalue weighted by Crippen LogP contribution is 2.38. The van der Waals surface area contributed by atoms with E-state index in [1.165, 1.54) is 14.0 Å². The summed E-state index contributed by atoms with van der Waals surface area (Å²) in [6, 6.07) is 17.8. The summed E-state index contributed by atoms with van der Waals surface area (Å²) in [6.07, 6.45) is -6.83. The number of hydrogen-bond acceptors (Lipinski definition) is 12. The molecule has 6 unspecified atom stereocenters. The van der Waals surface area contributed by atoms with Gasteiger partial charge in [0.1, 0.15) is 49.3 Å². The maximum Gasteiger partial charge on any atom is 0.331 e. The first-order chi connectivity index (χ1) is 22.4. The highest BCUT2D eigenvalue weighted by Gasteiger charge is 2.53. The lowest BCUT2D eigenvalue weighted by Gasteiger charge is -2.50. The van der Waals surface area contributed by atoms with Crippen LogP contribution >= 0.6 is 0 Å². The molecule has 0 aliphatic carbocycles. The van der Waals surface area contributed by atoms with Gasteiger partial charge in [0.25, 0.3) is 0 Å². The van der Waals surface area contributed by atoms with Gasteiger partial charge in [-0.15, -0.1) is 0 Å². The fourth-order valence-corrected chi connectivity index (χ4v) is 5.75. The molecule has 248 valence electrons. The van der Waals surface area contributed by atoms with E-state index in [0.29, 0.717) is 13.2 Å². The molecule has 0 bridgehead atoms. The molecule has 0 radical (unpaired) electrons. The van der Waals surface area contributed by atoms with Crippen LogP contribution in [0.3, 0.4) is 0 Å². The molecule has 0 aromatic heterocycles. The molecule has 5 rings (SSSR count). The number of rotatable bonds is 12. The van der Waals surface area contributed by atoms with E-state index in [0.717, 1.165) is 11.1 Å². The third kappa shape index (κ3) is 8.41. The minimum atomic E-state index is -1.23. The van der Waals surface area contributed by atoms with Gasteiger partial charge in [-0.1, -0.05) is 72.7 Å². The van der Waals surface area contributed by atoms with Gasteiger partial charge in [0.15, 0.2) is 12.6 Å². The molecule has 3 aliphatic rings. The molecule has 2 aromatic carbocycles. The van der Waals surface area contributed by atoms with Gasteiger partial charge in [-0.25, -0.2) is 4.79 Å². The van der Waals surface area contributed by atoms with Crippen molar-refractivity contribution in [2.24, 2.45) is 11.0 Å². The lowest BCUT2D eigenvalue weighted by molar-refractivity contribution is -0.360. The molecule has 0 spiro atoms. The summed E-state index contributed by atoms with van der Waals surface area (Å²) < 4.78 is 53.9. The molecule has 0 amide bonds.